The minimum atomic E-state index is -0.450. The first kappa shape index (κ1) is 13.8. The molecule has 0 saturated carbocycles. The minimum Gasteiger partial charge on any atom is -0.422 e. The van der Waals surface area contributed by atoms with E-state index >= 15 is 0 Å². The lowest BCUT2D eigenvalue weighted by Crippen LogP contribution is -2.02. The van der Waals surface area contributed by atoms with E-state index in [-0.39, 0.29) is 5.82 Å². The number of benzene rings is 2. The van der Waals surface area contributed by atoms with Gasteiger partial charge in [0.1, 0.15) is 16.4 Å². The second-order valence-corrected chi connectivity index (χ2v) is 5.86. The summed E-state index contributed by atoms with van der Waals surface area (Å²) in [7, 11) is 0. The van der Waals surface area contributed by atoms with Gasteiger partial charge in [-0.2, -0.15) is 0 Å². The summed E-state index contributed by atoms with van der Waals surface area (Å²) in [6, 6.07) is 15.5. The molecular formula is C18H10FNO2S. The predicted molar refractivity (Wildman–Crippen MR) is 89.0 cm³/mol. The van der Waals surface area contributed by atoms with Crippen molar-refractivity contribution in [3.63, 3.8) is 0 Å². The van der Waals surface area contributed by atoms with Crippen molar-refractivity contribution in [3.8, 4) is 21.8 Å². The average Bonchev–Trinajstić information content (AvgIpc) is 3.04. The van der Waals surface area contributed by atoms with Gasteiger partial charge in [-0.05, 0) is 24.3 Å². The predicted octanol–water partition coefficient (Wildman–Crippen LogP) is 4.72. The Morgan fingerprint density at radius 1 is 1.00 bits per heavy atom. The van der Waals surface area contributed by atoms with E-state index in [1.165, 1.54) is 17.4 Å². The van der Waals surface area contributed by atoms with Crippen LogP contribution in [0.25, 0.3) is 32.8 Å². The van der Waals surface area contributed by atoms with Gasteiger partial charge in [0, 0.05) is 16.3 Å². The first-order valence-corrected chi connectivity index (χ1v) is 7.84. The molecule has 23 heavy (non-hydrogen) atoms. The van der Waals surface area contributed by atoms with Gasteiger partial charge in [-0.1, -0.05) is 30.3 Å². The summed E-state index contributed by atoms with van der Waals surface area (Å²) >= 11 is 1.29. The number of nitrogens with zero attached hydrogens (tertiary/aromatic N) is 1. The quantitative estimate of drug-likeness (QED) is 0.501. The largest absolute Gasteiger partial charge is 0.422 e. The Bertz CT molecular complexity index is 1070. The second kappa shape index (κ2) is 5.44. The molecule has 112 valence electrons. The van der Waals surface area contributed by atoms with Gasteiger partial charge in [-0.25, -0.2) is 14.2 Å². The van der Waals surface area contributed by atoms with Crippen molar-refractivity contribution in [2.45, 2.75) is 0 Å². The SMILES string of the molecule is O=c1oc2ccccc2cc1-c1csc(-c2ccccc2F)n1. The van der Waals surface area contributed by atoms with Crippen LogP contribution in [0.15, 0.2) is 69.2 Å². The molecule has 0 aliphatic carbocycles. The van der Waals surface area contributed by atoms with Crippen LogP contribution in [0.1, 0.15) is 0 Å². The zero-order chi connectivity index (χ0) is 15.8. The van der Waals surface area contributed by atoms with E-state index in [9.17, 15) is 9.18 Å². The fourth-order valence-electron chi connectivity index (χ4n) is 2.40. The van der Waals surface area contributed by atoms with Crippen molar-refractivity contribution in [3.05, 3.63) is 76.2 Å². The van der Waals surface area contributed by atoms with E-state index in [2.05, 4.69) is 4.98 Å². The van der Waals surface area contributed by atoms with Crippen LogP contribution in [-0.4, -0.2) is 4.98 Å². The number of halogens is 1. The Labute approximate surface area is 134 Å². The third-order valence-electron chi connectivity index (χ3n) is 3.53. The normalized spacial score (nSPS) is 11.0. The van der Waals surface area contributed by atoms with Crippen LogP contribution in [0.4, 0.5) is 4.39 Å². The number of hydrogen-bond acceptors (Lipinski definition) is 4. The molecular weight excluding hydrogens is 313 g/mol. The molecule has 0 saturated heterocycles. The summed E-state index contributed by atoms with van der Waals surface area (Å²) in [5, 5.41) is 3.09. The topological polar surface area (TPSA) is 43.1 Å². The van der Waals surface area contributed by atoms with Crippen molar-refractivity contribution >= 4 is 22.3 Å². The van der Waals surface area contributed by atoms with Crippen LogP contribution in [0.2, 0.25) is 0 Å². The Morgan fingerprint density at radius 2 is 1.78 bits per heavy atom. The number of fused-ring (bicyclic) bond motifs is 1. The monoisotopic (exact) mass is 323 g/mol. The summed E-state index contributed by atoms with van der Waals surface area (Å²) in [6.45, 7) is 0. The Hall–Kier alpha value is -2.79. The van der Waals surface area contributed by atoms with Gasteiger partial charge >= 0.3 is 5.63 Å². The van der Waals surface area contributed by atoms with Crippen LogP contribution >= 0.6 is 11.3 Å². The van der Waals surface area contributed by atoms with Gasteiger partial charge < -0.3 is 4.42 Å². The van der Waals surface area contributed by atoms with E-state index in [0.29, 0.717) is 27.4 Å². The Morgan fingerprint density at radius 3 is 2.65 bits per heavy atom. The molecule has 2 aromatic carbocycles. The zero-order valence-corrected chi connectivity index (χ0v) is 12.6. The molecule has 0 amide bonds. The zero-order valence-electron chi connectivity index (χ0n) is 11.8. The number of aromatic nitrogens is 1. The van der Waals surface area contributed by atoms with Gasteiger partial charge in [0.05, 0.1) is 11.3 Å². The molecule has 0 aliphatic rings. The van der Waals surface area contributed by atoms with E-state index in [0.717, 1.165) is 5.39 Å². The van der Waals surface area contributed by atoms with Crippen LogP contribution in [0.3, 0.4) is 0 Å². The Kier molecular flexibility index (Phi) is 3.28. The molecule has 4 rings (SSSR count). The Balaban J connectivity index is 1.85. The van der Waals surface area contributed by atoms with Crippen molar-refractivity contribution in [1.29, 1.82) is 0 Å². The maximum atomic E-state index is 13.9. The molecule has 2 heterocycles. The summed E-state index contributed by atoms with van der Waals surface area (Å²) in [5.41, 5.74) is 1.38. The van der Waals surface area contributed by atoms with Crippen LogP contribution in [0, 0.1) is 5.82 Å². The highest BCUT2D eigenvalue weighted by atomic mass is 32.1. The summed E-state index contributed by atoms with van der Waals surface area (Å²) in [4.78, 5) is 16.6. The van der Waals surface area contributed by atoms with Crippen LogP contribution in [0.5, 0.6) is 0 Å². The maximum absolute atomic E-state index is 13.9. The molecule has 2 aromatic heterocycles. The number of rotatable bonds is 2. The third-order valence-corrected chi connectivity index (χ3v) is 4.40. The molecule has 0 N–H and O–H groups in total. The lowest BCUT2D eigenvalue weighted by molar-refractivity contribution is 0.563. The molecule has 3 nitrogen and oxygen atoms in total. The van der Waals surface area contributed by atoms with E-state index in [1.54, 1.807) is 35.7 Å². The van der Waals surface area contributed by atoms with Crippen LogP contribution < -0.4 is 5.63 Å². The second-order valence-electron chi connectivity index (χ2n) is 5.00. The number of hydrogen-bond donors (Lipinski definition) is 0. The molecule has 0 atom stereocenters. The lowest BCUT2D eigenvalue weighted by atomic mass is 10.1. The highest BCUT2D eigenvalue weighted by molar-refractivity contribution is 7.13. The number of thiazole rings is 1. The van der Waals surface area contributed by atoms with Crippen molar-refractivity contribution in [2.75, 3.05) is 0 Å². The molecule has 0 spiro atoms. The lowest BCUT2D eigenvalue weighted by Gasteiger charge is -2.00. The first-order valence-electron chi connectivity index (χ1n) is 6.96. The summed E-state index contributed by atoms with van der Waals surface area (Å²) < 4.78 is 19.2. The molecule has 5 heteroatoms. The smallest absolute Gasteiger partial charge is 0.345 e. The highest BCUT2D eigenvalue weighted by Gasteiger charge is 2.14. The molecule has 4 aromatic rings. The maximum Gasteiger partial charge on any atom is 0.345 e. The fraction of sp³-hybridized carbons (Fsp3) is 0. The molecule has 0 aliphatic heterocycles. The van der Waals surface area contributed by atoms with Crippen molar-refractivity contribution < 1.29 is 8.81 Å². The van der Waals surface area contributed by atoms with Gasteiger partial charge in [-0.15, -0.1) is 11.3 Å². The van der Waals surface area contributed by atoms with E-state index < -0.39 is 5.63 Å². The van der Waals surface area contributed by atoms with E-state index in [1.807, 2.05) is 18.2 Å². The third kappa shape index (κ3) is 2.45. The standard InChI is InChI=1S/C18H10FNO2S/c19-14-7-3-2-6-12(14)17-20-15(10-23-17)13-9-11-5-1-4-8-16(11)22-18(13)21/h1-10H. The van der Waals surface area contributed by atoms with Crippen molar-refractivity contribution in [1.82, 2.24) is 4.98 Å². The van der Waals surface area contributed by atoms with Gasteiger partial charge in [0.25, 0.3) is 0 Å². The number of para-hydroxylation sites is 1. The van der Waals surface area contributed by atoms with Gasteiger partial charge in [-0.3, -0.25) is 0 Å². The fourth-order valence-corrected chi connectivity index (χ4v) is 3.24. The van der Waals surface area contributed by atoms with E-state index in [4.69, 9.17) is 4.42 Å². The van der Waals surface area contributed by atoms with Gasteiger partial charge in [0.15, 0.2) is 0 Å². The van der Waals surface area contributed by atoms with Crippen molar-refractivity contribution in [2.24, 2.45) is 0 Å². The van der Waals surface area contributed by atoms with Crippen LogP contribution in [-0.2, 0) is 0 Å². The van der Waals surface area contributed by atoms with Gasteiger partial charge in [0.2, 0.25) is 0 Å². The molecule has 0 bridgehead atoms. The highest BCUT2D eigenvalue weighted by Crippen LogP contribution is 2.30. The summed E-state index contributed by atoms with van der Waals surface area (Å²) in [5.74, 6) is -0.334. The summed E-state index contributed by atoms with van der Waals surface area (Å²) in [6.07, 6.45) is 0. The average molecular weight is 323 g/mol. The molecule has 0 fully saturated rings. The molecule has 0 unspecified atom stereocenters. The minimum absolute atomic E-state index is 0.334. The first-order chi connectivity index (χ1) is 11.2. The molecule has 0 radical (unpaired) electrons.